The highest BCUT2D eigenvalue weighted by atomic mass is 19.2. The fourth-order valence-electron chi connectivity index (χ4n) is 1.66. The molecule has 0 radical (unpaired) electrons. The Morgan fingerprint density at radius 1 is 1.33 bits per heavy atom. The van der Waals surface area contributed by atoms with Gasteiger partial charge in [0.1, 0.15) is 0 Å². The zero-order chi connectivity index (χ0) is 15.6. The molecule has 0 saturated carbocycles. The molecule has 110 valence electrons. The second kappa shape index (κ2) is 5.70. The molecule has 1 aromatic heterocycles. The highest BCUT2D eigenvalue weighted by molar-refractivity contribution is 5.88. The summed E-state index contributed by atoms with van der Waals surface area (Å²) in [5, 5.41) is 12.7. The summed E-state index contributed by atoms with van der Waals surface area (Å²) in [6.07, 6.45) is 0. The van der Waals surface area contributed by atoms with E-state index in [1.807, 2.05) is 0 Å². The summed E-state index contributed by atoms with van der Waals surface area (Å²) >= 11 is 0. The van der Waals surface area contributed by atoms with E-state index in [1.54, 1.807) is 6.92 Å². The first-order valence-electron chi connectivity index (χ1n) is 5.90. The van der Waals surface area contributed by atoms with Crippen LogP contribution in [-0.2, 0) is 0 Å². The van der Waals surface area contributed by atoms with E-state index < -0.39 is 28.9 Å². The van der Waals surface area contributed by atoms with Crippen molar-refractivity contribution in [2.75, 3.05) is 6.61 Å². The molecule has 0 amide bonds. The van der Waals surface area contributed by atoms with Crippen molar-refractivity contribution in [2.45, 2.75) is 6.92 Å². The predicted molar refractivity (Wildman–Crippen MR) is 67.9 cm³/mol. The molecule has 8 heteroatoms. The van der Waals surface area contributed by atoms with Gasteiger partial charge in [0, 0.05) is 6.07 Å². The SMILES string of the molecule is CCOc1cc(=O)n(-c2ccc(F)c(F)c2)nc1C(=O)O. The molecule has 0 saturated heterocycles. The molecular weight excluding hydrogens is 286 g/mol. The number of nitrogens with zero attached hydrogens (tertiary/aromatic N) is 2. The molecule has 0 aliphatic rings. The second-order valence-electron chi connectivity index (χ2n) is 3.94. The van der Waals surface area contributed by atoms with Gasteiger partial charge in [0.05, 0.1) is 18.4 Å². The van der Waals surface area contributed by atoms with Crippen molar-refractivity contribution in [1.82, 2.24) is 9.78 Å². The molecule has 6 nitrogen and oxygen atoms in total. The van der Waals surface area contributed by atoms with Crippen LogP contribution in [0.25, 0.3) is 5.69 Å². The lowest BCUT2D eigenvalue weighted by molar-refractivity contribution is 0.0683. The first-order valence-corrected chi connectivity index (χ1v) is 5.90. The van der Waals surface area contributed by atoms with E-state index in [0.29, 0.717) is 4.68 Å². The second-order valence-corrected chi connectivity index (χ2v) is 3.94. The van der Waals surface area contributed by atoms with Crippen LogP contribution in [0, 0.1) is 11.6 Å². The molecular formula is C13H10F2N2O4. The molecule has 1 N–H and O–H groups in total. The number of hydrogen-bond donors (Lipinski definition) is 1. The summed E-state index contributed by atoms with van der Waals surface area (Å²) in [4.78, 5) is 23.0. The number of carboxylic acid groups (broad SMARTS) is 1. The lowest BCUT2D eigenvalue weighted by atomic mass is 10.3. The lowest BCUT2D eigenvalue weighted by Crippen LogP contribution is -2.24. The van der Waals surface area contributed by atoms with Crippen molar-refractivity contribution in [3.63, 3.8) is 0 Å². The minimum Gasteiger partial charge on any atom is -0.491 e. The number of carboxylic acids is 1. The molecule has 0 aliphatic heterocycles. The fourth-order valence-corrected chi connectivity index (χ4v) is 1.66. The van der Waals surface area contributed by atoms with E-state index in [1.165, 1.54) is 0 Å². The van der Waals surface area contributed by atoms with Gasteiger partial charge in [-0.25, -0.2) is 13.6 Å². The Labute approximate surface area is 117 Å². The molecule has 1 heterocycles. The first kappa shape index (κ1) is 14.6. The van der Waals surface area contributed by atoms with Gasteiger partial charge in [-0.2, -0.15) is 9.78 Å². The van der Waals surface area contributed by atoms with Crippen molar-refractivity contribution in [2.24, 2.45) is 0 Å². The molecule has 0 unspecified atom stereocenters. The van der Waals surface area contributed by atoms with Crippen LogP contribution in [0.5, 0.6) is 5.75 Å². The van der Waals surface area contributed by atoms with Gasteiger partial charge in [-0.3, -0.25) is 4.79 Å². The first-order chi connectivity index (χ1) is 9.93. The zero-order valence-electron chi connectivity index (χ0n) is 10.8. The number of hydrogen-bond acceptors (Lipinski definition) is 4. The average molecular weight is 296 g/mol. The number of ether oxygens (including phenoxy) is 1. The molecule has 2 rings (SSSR count). The van der Waals surface area contributed by atoms with Gasteiger partial charge < -0.3 is 9.84 Å². The third-order valence-electron chi connectivity index (χ3n) is 2.55. The van der Waals surface area contributed by atoms with E-state index in [2.05, 4.69) is 5.10 Å². The van der Waals surface area contributed by atoms with Crippen molar-refractivity contribution in [3.05, 3.63) is 51.9 Å². The Balaban J connectivity index is 2.64. The number of rotatable bonds is 4. The molecule has 1 aromatic carbocycles. The summed E-state index contributed by atoms with van der Waals surface area (Å²) < 4.78 is 31.8. The van der Waals surface area contributed by atoms with Crippen molar-refractivity contribution >= 4 is 5.97 Å². The standard InChI is InChI=1S/C13H10F2N2O4/c1-2-21-10-6-11(18)17(16-12(10)13(19)20)7-3-4-8(14)9(15)5-7/h3-6H,2H2,1H3,(H,19,20). The predicted octanol–water partition coefficient (Wildman–Crippen LogP) is 1.61. The highest BCUT2D eigenvalue weighted by Gasteiger charge is 2.18. The van der Waals surface area contributed by atoms with Crippen LogP contribution in [0.4, 0.5) is 8.78 Å². The number of halogens is 2. The van der Waals surface area contributed by atoms with Crippen molar-refractivity contribution in [1.29, 1.82) is 0 Å². The molecule has 21 heavy (non-hydrogen) atoms. The van der Waals surface area contributed by atoms with Gasteiger partial charge in [-0.05, 0) is 19.1 Å². The average Bonchev–Trinajstić information content (AvgIpc) is 2.42. The molecule has 0 bridgehead atoms. The quantitative estimate of drug-likeness (QED) is 0.927. The van der Waals surface area contributed by atoms with Gasteiger partial charge in [-0.1, -0.05) is 0 Å². The van der Waals surface area contributed by atoms with Gasteiger partial charge in [0.15, 0.2) is 17.4 Å². The van der Waals surface area contributed by atoms with E-state index in [0.717, 1.165) is 24.3 Å². The van der Waals surface area contributed by atoms with E-state index in [4.69, 9.17) is 9.84 Å². The van der Waals surface area contributed by atoms with Crippen LogP contribution in [-0.4, -0.2) is 27.5 Å². The fraction of sp³-hybridized carbons (Fsp3) is 0.154. The monoisotopic (exact) mass is 296 g/mol. The Morgan fingerprint density at radius 2 is 2.05 bits per heavy atom. The maximum absolute atomic E-state index is 13.2. The summed E-state index contributed by atoms with van der Waals surface area (Å²) in [6.45, 7) is 1.77. The molecule has 0 atom stereocenters. The van der Waals surface area contributed by atoms with E-state index >= 15 is 0 Å². The lowest BCUT2D eigenvalue weighted by Gasteiger charge is -2.10. The van der Waals surface area contributed by atoms with Gasteiger partial charge in [-0.15, -0.1) is 0 Å². The van der Waals surface area contributed by atoms with Gasteiger partial charge in [0.25, 0.3) is 5.56 Å². The number of aromatic nitrogens is 2. The number of carbonyl (C=O) groups is 1. The van der Waals surface area contributed by atoms with Crippen LogP contribution in [0.15, 0.2) is 29.1 Å². The number of aromatic carboxylic acids is 1. The van der Waals surface area contributed by atoms with Crippen molar-refractivity contribution in [3.8, 4) is 11.4 Å². The smallest absolute Gasteiger partial charge is 0.360 e. The minimum atomic E-state index is -1.41. The molecule has 0 spiro atoms. The number of benzene rings is 1. The summed E-state index contributed by atoms with van der Waals surface area (Å²) in [5.74, 6) is -3.85. The van der Waals surface area contributed by atoms with Gasteiger partial charge in [0.2, 0.25) is 5.69 Å². The molecule has 2 aromatic rings. The Kier molecular flexibility index (Phi) is 3.97. The highest BCUT2D eigenvalue weighted by Crippen LogP contribution is 2.16. The van der Waals surface area contributed by atoms with Crippen LogP contribution in [0.1, 0.15) is 17.4 Å². The zero-order valence-corrected chi connectivity index (χ0v) is 10.8. The third-order valence-corrected chi connectivity index (χ3v) is 2.55. The summed E-state index contributed by atoms with van der Waals surface area (Å²) in [5.41, 5.74) is -1.32. The van der Waals surface area contributed by atoms with Crippen molar-refractivity contribution < 1.29 is 23.4 Å². The van der Waals surface area contributed by atoms with Crippen LogP contribution < -0.4 is 10.3 Å². The molecule has 0 aliphatic carbocycles. The maximum atomic E-state index is 13.2. The Bertz CT molecular complexity index is 758. The Morgan fingerprint density at radius 3 is 2.62 bits per heavy atom. The van der Waals surface area contributed by atoms with Crippen LogP contribution in [0.2, 0.25) is 0 Å². The normalized spacial score (nSPS) is 10.4. The topological polar surface area (TPSA) is 81.4 Å². The van der Waals surface area contributed by atoms with Gasteiger partial charge >= 0.3 is 5.97 Å². The van der Waals surface area contributed by atoms with Crippen LogP contribution >= 0.6 is 0 Å². The summed E-state index contributed by atoms with van der Waals surface area (Å²) in [6, 6.07) is 3.60. The third kappa shape index (κ3) is 2.88. The largest absolute Gasteiger partial charge is 0.491 e. The van der Waals surface area contributed by atoms with Crippen LogP contribution in [0.3, 0.4) is 0 Å². The maximum Gasteiger partial charge on any atom is 0.360 e. The van der Waals surface area contributed by atoms with E-state index in [-0.39, 0.29) is 18.0 Å². The summed E-state index contributed by atoms with van der Waals surface area (Å²) in [7, 11) is 0. The van der Waals surface area contributed by atoms with E-state index in [9.17, 15) is 18.4 Å². The minimum absolute atomic E-state index is 0.0931. The molecule has 0 fully saturated rings. The Hall–Kier alpha value is -2.77.